The van der Waals surface area contributed by atoms with Crippen molar-refractivity contribution >= 4 is 17.1 Å². The molecule has 0 saturated carbocycles. The summed E-state index contributed by atoms with van der Waals surface area (Å²) in [4.78, 5) is 2.46. The molecule has 0 aliphatic rings. The van der Waals surface area contributed by atoms with E-state index in [1.165, 1.54) is 23.2 Å². The van der Waals surface area contributed by atoms with Crippen LogP contribution < -0.4 is 10.2 Å². The van der Waals surface area contributed by atoms with Gasteiger partial charge in [0.25, 0.3) is 0 Å². The summed E-state index contributed by atoms with van der Waals surface area (Å²) in [7, 11) is 0. The maximum atomic E-state index is 11.6. The first kappa shape index (κ1) is 35.5. The number of aromatic hydroxyl groups is 1. The Balaban J connectivity index is 1.86. The van der Waals surface area contributed by atoms with Crippen molar-refractivity contribution in [2.24, 2.45) is 17.3 Å². The Morgan fingerprint density at radius 2 is 1.27 bits per heavy atom. The van der Waals surface area contributed by atoms with Crippen LogP contribution in [0, 0.1) is 17.3 Å². The molecule has 0 radical (unpaired) electrons. The number of nitrogens with one attached hydrogen (secondary N) is 1. The molecule has 0 aliphatic heterocycles. The van der Waals surface area contributed by atoms with Gasteiger partial charge in [-0.05, 0) is 113 Å². The zero-order valence-corrected chi connectivity index (χ0v) is 30.2. The molecule has 3 heteroatoms. The summed E-state index contributed by atoms with van der Waals surface area (Å²) in [5, 5.41) is 15.2. The van der Waals surface area contributed by atoms with Crippen LogP contribution in [0.4, 0.5) is 17.1 Å². The quantitative estimate of drug-likeness (QED) is 0.230. The minimum atomic E-state index is -0.148. The van der Waals surface area contributed by atoms with Gasteiger partial charge in [0.1, 0.15) is 5.75 Å². The summed E-state index contributed by atoms with van der Waals surface area (Å²) < 4.78 is 0. The third kappa shape index (κ3) is 10.3. The first-order valence-corrected chi connectivity index (χ1v) is 16.8. The van der Waals surface area contributed by atoms with Crippen LogP contribution in [0.1, 0.15) is 125 Å². The van der Waals surface area contributed by atoms with Crippen LogP contribution in [-0.4, -0.2) is 11.1 Å². The van der Waals surface area contributed by atoms with Crippen LogP contribution in [0.25, 0.3) is 0 Å². The number of hydrogen-bond donors (Lipinski definition) is 2. The lowest BCUT2D eigenvalue weighted by Crippen LogP contribution is -2.34. The van der Waals surface area contributed by atoms with Crippen molar-refractivity contribution < 1.29 is 5.11 Å². The second kappa shape index (κ2) is 14.0. The lowest BCUT2D eigenvalue weighted by Gasteiger charge is -2.34. The molecule has 3 nitrogen and oxygen atoms in total. The smallest absolute Gasteiger partial charge is 0.124 e. The highest BCUT2D eigenvalue weighted by molar-refractivity contribution is 5.64. The fourth-order valence-electron chi connectivity index (χ4n) is 6.46. The molecule has 3 aromatic rings. The zero-order valence-electron chi connectivity index (χ0n) is 30.2. The van der Waals surface area contributed by atoms with Gasteiger partial charge in [-0.3, -0.25) is 0 Å². The molecule has 0 aliphatic carbocycles. The lowest BCUT2D eigenvalue weighted by atomic mass is 9.79. The van der Waals surface area contributed by atoms with Crippen LogP contribution in [0.5, 0.6) is 5.75 Å². The number of rotatable bonds is 11. The van der Waals surface area contributed by atoms with E-state index in [0.717, 1.165) is 35.3 Å². The number of anilines is 3. The number of phenolic OH excluding ortho intramolecular Hbond substituents is 1. The van der Waals surface area contributed by atoms with Gasteiger partial charge in [-0.15, -0.1) is 0 Å². The summed E-state index contributed by atoms with van der Waals surface area (Å²) in [6.45, 7) is 30.2. The molecule has 2 N–H and O–H groups in total. The molecule has 0 bridgehead atoms. The molecule has 3 rings (SSSR count). The molecule has 0 fully saturated rings. The van der Waals surface area contributed by atoms with Gasteiger partial charge >= 0.3 is 0 Å². The van der Waals surface area contributed by atoms with E-state index in [1.807, 2.05) is 0 Å². The molecule has 242 valence electrons. The Kier molecular flexibility index (Phi) is 11.3. The monoisotopic (exact) mass is 598 g/mol. The molecule has 0 saturated heterocycles. The highest BCUT2D eigenvalue weighted by atomic mass is 16.3. The van der Waals surface area contributed by atoms with E-state index in [1.54, 1.807) is 0 Å². The topological polar surface area (TPSA) is 35.5 Å². The molecule has 0 aromatic heterocycles. The SMILES string of the molecule is CC(C)CC(C)N(Cc1cc(C(C)(C)C)cc(C(C)(C)C)c1O)c1ccc(Nc2ccc(CC(C)CC(C)(C)C)cc2)cc1. The van der Waals surface area contributed by atoms with Crippen molar-refractivity contribution in [3.8, 4) is 5.75 Å². The zero-order chi connectivity index (χ0) is 33.0. The largest absolute Gasteiger partial charge is 0.507 e. The van der Waals surface area contributed by atoms with Crippen LogP contribution in [0.15, 0.2) is 60.7 Å². The van der Waals surface area contributed by atoms with E-state index in [0.29, 0.717) is 35.6 Å². The Labute approximate surface area is 270 Å². The van der Waals surface area contributed by atoms with Crippen molar-refractivity contribution in [3.63, 3.8) is 0 Å². The third-order valence-electron chi connectivity index (χ3n) is 8.53. The number of phenols is 1. The van der Waals surface area contributed by atoms with E-state index in [9.17, 15) is 5.11 Å². The van der Waals surface area contributed by atoms with Gasteiger partial charge < -0.3 is 15.3 Å². The molecule has 3 aromatic carbocycles. The standard InChI is InChI=1S/C41H62N2O/c1-28(2)22-30(4)43(27-32-24-33(40(8,9)10)25-37(38(32)44)41(11,12)13)36-20-18-35(19-21-36)42-34-16-14-31(15-17-34)23-29(3)26-39(5,6)7/h14-21,24-25,28-30,42,44H,22-23,26-27H2,1-13H3. The Bertz CT molecular complexity index is 1330. The Morgan fingerprint density at radius 3 is 1.75 bits per heavy atom. The third-order valence-corrected chi connectivity index (χ3v) is 8.53. The molecule has 2 atom stereocenters. The minimum Gasteiger partial charge on any atom is -0.507 e. The van der Waals surface area contributed by atoms with E-state index in [4.69, 9.17) is 0 Å². The predicted octanol–water partition coefficient (Wildman–Crippen LogP) is 11.8. The Morgan fingerprint density at radius 1 is 0.727 bits per heavy atom. The summed E-state index contributed by atoms with van der Waals surface area (Å²) in [5.41, 5.74) is 8.23. The number of benzene rings is 3. The average Bonchev–Trinajstić information content (AvgIpc) is 2.87. The summed E-state index contributed by atoms with van der Waals surface area (Å²) in [6, 6.07) is 22.5. The van der Waals surface area contributed by atoms with Gasteiger partial charge in [0, 0.05) is 35.2 Å². The van der Waals surface area contributed by atoms with Crippen molar-refractivity contribution in [2.75, 3.05) is 10.2 Å². The van der Waals surface area contributed by atoms with E-state index in [-0.39, 0.29) is 10.8 Å². The second-order valence-corrected chi connectivity index (χ2v) is 17.1. The maximum absolute atomic E-state index is 11.6. The summed E-state index contributed by atoms with van der Waals surface area (Å²) >= 11 is 0. The van der Waals surface area contributed by atoms with Gasteiger partial charge in [0.2, 0.25) is 0 Å². The highest BCUT2D eigenvalue weighted by Gasteiger charge is 2.27. The van der Waals surface area contributed by atoms with Gasteiger partial charge in [0.05, 0.1) is 0 Å². The van der Waals surface area contributed by atoms with E-state index < -0.39 is 0 Å². The molecular weight excluding hydrogens is 536 g/mol. The van der Waals surface area contributed by atoms with Gasteiger partial charge in [-0.1, -0.05) is 101 Å². The summed E-state index contributed by atoms with van der Waals surface area (Å²) in [6.07, 6.45) is 3.42. The fraction of sp³-hybridized carbons (Fsp3) is 0.561. The van der Waals surface area contributed by atoms with Crippen molar-refractivity contribution in [2.45, 2.75) is 133 Å². The van der Waals surface area contributed by atoms with Crippen molar-refractivity contribution in [3.05, 3.63) is 82.9 Å². The molecule has 44 heavy (non-hydrogen) atoms. The van der Waals surface area contributed by atoms with Crippen molar-refractivity contribution in [1.29, 1.82) is 0 Å². The van der Waals surface area contributed by atoms with Crippen LogP contribution >= 0.6 is 0 Å². The Hall–Kier alpha value is -2.94. The molecule has 0 amide bonds. The molecule has 0 spiro atoms. The molecule has 0 heterocycles. The fourth-order valence-corrected chi connectivity index (χ4v) is 6.46. The minimum absolute atomic E-state index is 0.00692. The average molecular weight is 599 g/mol. The van der Waals surface area contributed by atoms with Crippen LogP contribution in [0.3, 0.4) is 0 Å². The second-order valence-electron chi connectivity index (χ2n) is 17.1. The molecular formula is C41H62N2O. The van der Waals surface area contributed by atoms with Crippen molar-refractivity contribution in [1.82, 2.24) is 0 Å². The van der Waals surface area contributed by atoms with Gasteiger partial charge in [0.15, 0.2) is 0 Å². The maximum Gasteiger partial charge on any atom is 0.124 e. The highest BCUT2D eigenvalue weighted by Crippen LogP contribution is 2.39. The van der Waals surface area contributed by atoms with Crippen LogP contribution in [0.2, 0.25) is 0 Å². The van der Waals surface area contributed by atoms with Gasteiger partial charge in [-0.2, -0.15) is 0 Å². The predicted molar refractivity (Wildman–Crippen MR) is 194 cm³/mol. The first-order chi connectivity index (χ1) is 20.2. The van der Waals surface area contributed by atoms with Crippen LogP contribution in [-0.2, 0) is 23.8 Å². The molecule has 2 unspecified atom stereocenters. The number of nitrogens with zero attached hydrogens (tertiary/aromatic N) is 1. The first-order valence-electron chi connectivity index (χ1n) is 16.8. The lowest BCUT2D eigenvalue weighted by molar-refractivity contribution is 0.306. The van der Waals surface area contributed by atoms with E-state index >= 15 is 0 Å². The normalized spacial score (nSPS) is 14.0. The van der Waals surface area contributed by atoms with E-state index in [2.05, 4.69) is 161 Å². The number of hydrogen-bond acceptors (Lipinski definition) is 3. The summed E-state index contributed by atoms with van der Waals surface area (Å²) in [5.74, 6) is 1.68. The van der Waals surface area contributed by atoms with Gasteiger partial charge in [-0.25, -0.2) is 0 Å².